The predicted molar refractivity (Wildman–Crippen MR) is 142 cm³/mol. The molecule has 0 bridgehead atoms. The molecule has 190 valence electrons. The number of aromatic nitrogens is 1. The van der Waals surface area contributed by atoms with Crippen molar-refractivity contribution < 1.29 is 28.6 Å². The van der Waals surface area contributed by atoms with Crippen molar-refractivity contribution in [1.82, 2.24) is 4.57 Å². The molecule has 1 aromatic heterocycles. The molecule has 1 N–H and O–H groups in total. The number of benzene rings is 4. The fourth-order valence-corrected chi connectivity index (χ4v) is 4.41. The maximum absolute atomic E-state index is 13.5. The summed E-state index contributed by atoms with van der Waals surface area (Å²) in [5.74, 6) is -0.208. The van der Waals surface area contributed by atoms with Crippen molar-refractivity contribution in [3.05, 3.63) is 114 Å². The highest BCUT2D eigenvalue weighted by Gasteiger charge is 2.14. The third-order valence-electron chi connectivity index (χ3n) is 6.04. The van der Waals surface area contributed by atoms with Gasteiger partial charge in [-0.05, 0) is 64.7 Å². The van der Waals surface area contributed by atoms with E-state index in [1.165, 1.54) is 19.1 Å². The summed E-state index contributed by atoms with van der Waals surface area (Å²) >= 11 is 0. The number of carbonyl (C=O) groups is 2. The molecule has 0 amide bonds. The van der Waals surface area contributed by atoms with Crippen LogP contribution in [0.3, 0.4) is 0 Å². The lowest BCUT2D eigenvalue weighted by molar-refractivity contribution is -0.136. The summed E-state index contributed by atoms with van der Waals surface area (Å²) in [6.07, 6.45) is 1.78. The number of rotatable bonds is 8. The van der Waals surface area contributed by atoms with Crippen LogP contribution < -0.4 is 9.47 Å². The number of nitrogens with zero attached hydrogens (tertiary/aromatic N) is 1. The van der Waals surface area contributed by atoms with Gasteiger partial charge >= 0.3 is 11.9 Å². The molecular formula is C31H24FNO5. The predicted octanol–water partition coefficient (Wildman–Crippen LogP) is 6.84. The minimum absolute atomic E-state index is 0.0921. The van der Waals surface area contributed by atoms with E-state index in [1.807, 2.05) is 65.4 Å². The Hall–Kier alpha value is -4.91. The molecule has 0 saturated carbocycles. The van der Waals surface area contributed by atoms with Crippen LogP contribution in [-0.2, 0) is 22.6 Å². The molecule has 0 unspecified atom stereocenters. The van der Waals surface area contributed by atoms with Crippen LogP contribution in [0.25, 0.3) is 22.0 Å². The first-order valence-corrected chi connectivity index (χ1v) is 12.0. The fraction of sp³-hybridized carbons (Fsp3) is 0.0968. The summed E-state index contributed by atoms with van der Waals surface area (Å²) in [5, 5.41) is 10.3. The Labute approximate surface area is 218 Å². The van der Waals surface area contributed by atoms with Crippen LogP contribution >= 0.6 is 0 Å². The van der Waals surface area contributed by atoms with Crippen molar-refractivity contribution in [2.45, 2.75) is 19.9 Å². The lowest BCUT2D eigenvalue weighted by Crippen LogP contribution is -2.01. The standard InChI is InChI=1S/C31H24FNO5/c1-20(34)37-27-6-2-4-22(14-27)23-10-13-29-24(16-31(35)36)19-33(30(29)15-23)18-21-8-11-26(12-9-21)38-28-7-3-5-25(32)17-28/h2-15,17,19H,16,18H2,1H3,(H,35,36). The van der Waals surface area contributed by atoms with E-state index >= 15 is 0 Å². The van der Waals surface area contributed by atoms with E-state index in [4.69, 9.17) is 9.47 Å². The number of carboxylic acid groups (broad SMARTS) is 1. The Morgan fingerprint density at radius 1 is 0.842 bits per heavy atom. The first-order valence-electron chi connectivity index (χ1n) is 12.0. The molecule has 0 aliphatic carbocycles. The van der Waals surface area contributed by atoms with Crippen LogP contribution in [0, 0.1) is 5.82 Å². The second-order valence-electron chi connectivity index (χ2n) is 8.91. The molecule has 0 fully saturated rings. The number of halogens is 1. The Bertz CT molecular complexity index is 1640. The van der Waals surface area contributed by atoms with Gasteiger partial charge in [-0.3, -0.25) is 9.59 Å². The minimum Gasteiger partial charge on any atom is -0.481 e. The van der Waals surface area contributed by atoms with E-state index in [9.17, 15) is 19.1 Å². The maximum Gasteiger partial charge on any atom is 0.308 e. The first-order chi connectivity index (χ1) is 18.3. The summed E-state index contributed by atoms with van der Waals surface area (Å²) in [7, 11) is 0. The van der Waals surface area contributed by atoms with Gasteiger partial charge in [0, 0.05) is 36.6 Å². The number of hydrogen-bond acceptors (Lipinski definition) is 4. The zero-order chi connectivity index (χ0) is 26.6. The number of aliphatic carboxylic acids is 1. The van der Waals surface area contributed by atoms with Crippen molar-refractivity contribution in [2.24, 2.45) is 0 Å². The van der Waals surface area contributed by atoms with Gasteiger partial charge in [0.2, 0.25) is 0 Å². The van der Waals surface area contributed by atoms with Gasteiger partial charge in [-0.15, -0.1) is 0 Å². The van der Waals surface area contributed by atoms with E-state index in [0.717, 1.165) is 33.2 Å². The zero-order valence-corrected chi connectivity index (χ0v) is 20.6. The van der Waals surface area contributed by atoms with Crippen molar-refractivity contribution in [3.8, 4) is 28.4 Å². The van der Waals surface area contributed by atoms with Gasteiger partial charge < -0.3 is 19.1 Å². The monoisotopic (exact) mass is 509 g/mol. The lowest BCUT2D eigenvalue weighted by atomic mass is 10.0. The summed E-state index contributed by atoms with van der Waals surface area (Å²) in [4.78, 5) is 22.9. The van der Waals surface area contributed by atoms with Crippen molar-refractivity contribution >= 4 is 22.8 Å². The highest BCUT2D eigenvalue weighted by atomic mass is 19.1. The maximum atomic E-state index is 13.5. The van der Waals surface area contributed by atoms with Crippen LogP contribution in [-0.4, -0.2) is 21.6 Å². The number of hydrogen-bond donors (Lipinski definition) is 1. The number of fused-ring (bicyclic) bond motifs is 1. The number of esters is 1. The van der Waals surface area contributed by atoms with Gasteiger partial charge in [-0.2, -0.15) is 0 Å². The molecule has 0 atom stereocenters. The third kappa shape index (κ3) is 5.73. The van der Waals surface area contributed by atoms with Crippen LogP contribution in [0.1, 0.15) is 18.1 Å². The highest BCUT2D eigenvalue weighted by Crippen LogP contribution is 2.31. The van der Waals surface area contributed by atoms with Crippen molar-refractivity contribution in [3.63, 3.8) is 0 Å². The molecule has 6 nitrogen and oxygen atoms in total. The van der Waals surface area contributed by atoms with Crippen LogP contribution in [0.4, 0.5) is 4.39 Å². The van der Waals surface area contributed by atoms with Gasteiger partial charge in [0.25, 0.3) is 0 Å². The van der Waals surface area contributed by atoms with E-state index in [2.05, 4.69) is 0 Å². The lowest BCUT2D eigenvalue weighted by Gasteiger charge is -2.10. The Balaban J connectivity index is 1.46. The smallest absolute Gasteiger partial charge is 0.308 e. The molecule has 4 aromatic carbocycles. The largest absolute Gasteiger partial charge is 0.481 e. The molecule has 0 spiro atoms. The first kappa shape index (κ1) is 24.8. The Kier molecular flexibility index (Phi) is 6.91. The van der Waals surface area contributed by atoms with Crippen molar-refractivity contribution in [1.29, 1.82) is 0 Å². The van der Waals surface area contributed by atoms with E-state index in [-0.39, 0.29) is 12.2 Å². The molecular weight excluding hydrogens is 485 g/mol. The number of carboxylic acids is 1. The van der Waals surface area contributed by atoms with Crippen LogP contribution in [0.5, 0.6) is 17.2 Å². The second kappa shape index (κ2) is 10.6. The average Bonchev–Trinajstić information content (AvgIpc) is 3.20. The molecule has 0 saturated heterocycles. The Morgan fingerprint density at radius 2 is 1.58 bits per heavy atom. The average molecular weight is 510 g/mol. The van der Waals surface area contributed by atoms with Gasteiger partial charge in [0.15, 0.2) is 0 Å². The molecule has 5 aromatic rings. The van der Waals surface area contributed by atoms with E-state index in [0.29, 0.717) is 23.8 Å². The molecule has 7 heteroatoms. The molecule has 38 heavy (non-hydrogen) atoms. The highest BCUT2D eigenvalue weighted by molar-refractivity contribution is 5.91. The third-order valence-corrected chi connectivity index (χ3v) is 6.04. The molecule has 5 rings (SSSR count). The van der Waals surface area contributed by atoms with E-state index < -0.39 is 11.9 Å². The minimum atomic E-state index is -0.902. The van der Waals surface area contributed by atoms with Gasteiger partial charge in [0.05, 0.1) is 6.42 Å². The molecule has 0 radical (unpaired) electrons. The van der Waals surface area contributed by atoms with E-state index in [1.54, 1.807) is 24.3 Å². The fourth-order valence-electron chi connectivity index (χ4n) is 4.41. The molecule has 0 aliphatic heterocycles. The summed E-state index contributed by atoms with van der Waals surface area (Å²) < 4.78 is 26.4. The Morgan fingerprint density at radius 3 is 2.32 bits per heavy atom. The molecule has 1 heterocycles. The zero-order valence-electron chi connectivity index (χ0n) is 20.6. The quantitative estimate of drug-likeness (QED) is 0.183. The number of carbonyl (C=O) groups excluding carboxylic acids is 1. The van der Waals surface area contributed by atoms with Gasteiger partial charge in [0.1, 0.15) is 23.1 Å². The van der Waals surface area contributed by atoms with Gasteiger partial charge in [-0.25, -0.2) is 4.39 Å². The summed E-state index contributed by atoms with van der Waals surface area (Å²) in [6, 6.07) is 26.6. The van der Waals surface area contributed by atoms with Crippen LogP contribution in [0.15, 0.2) is 97.2 Å². The topological polar surface area (TPSA) is 77.8 Å². The summed E-state index contributed by atoms with van der Waals surface area (Å²) in [5.41, 5.74) is 4.37. The molecule has 0 aliphatic rings. The van der Waals surface area contributed by atoms with Crippen molar-refractivity contribution in [2.75, 3.05) is 0 Å². The second-order valence-corrected chi connectivity index (χ2v) is 8.91. The van der Waals surface area contributed by atoms with Crippen LogP contribution in [0.2, 0.25) is 0 Å². The normalized spacial score (nSPS) is 10.9. The SMILES string of the molecule is CC(=O)Oc1cccc(-c2ccc3c(CC(=O)O)cn(Cc4ccc(Oc5cccc(F)c5)cc4)c3c2)c1. The summed E-state index contributed by atoms with van der Waals surface area (Å²) in [6.45, 7) is 1.86. The number of ether oxygens (including phenoxy) is 2. The van der Waals surface area contributed by atoms with Gasteiger partial charge in [-0.1, -0.05) is 42.5 Å².